The van der Waals surface area contributed by atoms with Gasteiger partial charge in [-0.25, -0.2) is 0 Å². The smallest absolute Gasteiger partial charge is 0.276 e. The van der Waals surface area contributed by atoms with Crippen LogP contribution in [0, 0.1) is 0 Å². The zero-order valence-electron chi connectivity index (χ0n) is 15.8. The molecule has 0 aromatic heterocycles. The number of amides is 2. The number of hydrazine groups is 1. The maximum Gasteiger partial charge on any atom is 0.276 e. The fourth-order valence-corrected chi connectivity index (χ4v) is 2.61. The van der Waals surface area contributed by atoms with Crippen LogP contribution in [0.15, 0.2) is 42.5 Å². The summed E-state index contributed by atoms with van der Waals surface area (Å²) in [6.45, 7) is 5.78. The third-order valence-corrected chi connectivity index (χ3v) is 4.21. The van der Waals surface area contributed by atoms with E-state index in [2.05, 4.69) is 31.6 Å². The molecule has 0 aliphatic heterocycles. The molecule has 0 fully saturated rings. The number of benzene rings is 2. The first-order valence-corrected chi connectivity index (χ1v) is 9.29. The Bertz CT molecular complexity index is 833. The highest BCUT2D eigenvalue weighted by Gasteiger charge is 2.13. The van der Waals surface area contributed by atoms with Crippen molar-refractivity contribution in [3.63, 3.8) is 0 Å². The van der Waals surface area contributed by atoms with Gasteiger partial charge >= 0.3 is 0 Å². The van der Waals surface area contributed by atoms with E-state index in [9.17, 15) is 9.59 Å². The Morgan fingerprint density at radius 2 is 1.46 bits per heavy atom. The van der Waals surface area contributed by atoms with Gasteiger partial charge in [-0.05, 0) is 41.3 Å². The van der Waals surface area contributed by atoms with Gasteiger partial charge < -0.3 is 9.47 Å². The van der Waals surface area contributed by atoms with Crippen molar-refractivity contribution in [3.05, 3.63) is 58.1 Å². The average molecular weight is 425 g/mol. The molecule has 2 rings (SSSR count). The van der Waals surface area contributed by atoms with Crippen LogP contribution >= 0.6 is 23.2 Å². The summed E-state index contributed by atoms with van der Waals surface area (Å²) in [5, 5.41) is 0.748. The van der Waals surface area contributed by atoms with Crippen LogP contribution < -0.4 is 20.3 Å². The normalized spacial score (nSPS) is 10.9. The van der Waals surface area contributed by atoms with Gasteiger partial charge in [-0.2, -0.15) is 0 Å². The lowest BCUT2D eigenvalue weighted by Gasteiger charge is -2.19. The molecule has 8 heteroatoms. The van der Waals surface area contributed by atoms with Crippen molar-refractivity contribution >= 4 is 35.0 Å². The molecular formula is C20H22Cl2N2O4. The van der Waals surface area contributed by atoms with Crippen molar-refractivity contribution < 1.29 is 19.1 Å². The lowest BCUT2D eigenvalue weighted by atomic mass is 9.87. The molecule has 2 aromatic carbocycles. The second kappa shape index (κ2) is 9.66. The Kier molecular flexibility index (Phi) is 7.54. The zero-order valence-corrected chi connectivity index (χ0v) is 17.4. The molecule has 2 N–H and O–H groups in total. The first-order valence-electron chi connectivity index (χ1n) is 8.54. The molecule has 0 aliphatic rings. The fraction of sp³-hybridized carbons (Fsp3) is 0.300. The molecule has 0 saturated carbocycles. The number of rotatable bonds is 6. The van der Waals surface area contributed by atoms with Crippen LogP contribution in [0.2, 0.25) is 10.0 Å². The average Bonchev–Trinajstić information content (AvgIpc) is 2.63. The summed E-state index contributed by atoms with van der Waals surface area (Å²) in [7, 11) is 0. The van der Waals surface area contributed by atoms with Crippen molar-refractivity contribution in [2.24, 2.45) is 0 Å². The quantitative estimate of drug-likeness (QED) is 0.689. The molecule has 6 nitrogen and oxygen atoms in total. The predicted molar refractivity (Wildman–Crippen MR) is 109 cm³/mol. The van der Waals surface area contributed by atoms with Gasteiger partial charge in [0, 0.05) is 5.02 Å². The monoisotopic (exact) mass is 424 g/mol. The third kappa shape index (κ3) is 6.94. The second-order valence-corrected chi connectivity index (χ2v) is 7.87. The molecule has 0 spiro atoms. The van der Waals surface area contributed by atoms with Crippen molar-refractivity contribution in [1.29, 1.82) is 0 Å². The number of ether oxygens (including phenoxy) is 2. The molecule has 0 atom stereocenters. The Morgan fingerprint density at radius 1 is 0.893 bits per heavy atom. The van der Waals surface area contributed by atoms with E-state index in [4.69, 9.17) is 32.7 Å². The largest absolute Gasteiger partial charge is 0.484 e. The number of hydrogen-bond acceptors (Lipinski definition) is 4. The summed E-state index contributed by atoms with van der Waals surface area (Å²) in [4.78, 5) is 23.5. The molecule has 0 heterocycles. The maximum atomic E-state index is 11.8. The van der Waals surface area contributed by atoms with Gasteiger partial charge in [0.2, 0.25) is 0 Å². The van der Waals surface area contributed by atoms with E-state index in [1.807, 2.05) is 12.1 Å². The molecular weight excluding hydrogens is 403 g/mol. The van der Waals surface area contributed by atoms with E-state index in [0.29, 0.717) is 16.5 Å². The Labute approximate surface area is 174 Å². The Morgan fingerprint density at radius 3 is 2.00 bits per heavy atom. The molecule has 28 heavy (non-hydrogen) atoms. The standard InChI is InChI=1S/C20H22Cl2N2O4/c1-20(2,3)13-4-7-15(8-5-13)27-11-18(25)23-24-19(26)12-28-17-9-6-14(21)10-16(17)22/h4-10H,11-12H2,1-3H3,(H,23,25)(H,24,26). The lowest BCUT2D eigenvalue weighted by molar-refractivity contribution is -0.131. The van der Waals surface area contributed by atoms with Crippen molar-refractivity contribution in [2.45, 2.75) is 26.2 Å². The molecule has 0 saturated heterocycles. The zero-order chi connectivity index (χ0) is 20.7. The van der Waals surface area contributed by atoms with E-state index in [-0.39, 0.29) is 23.7 Å². The van der Waals surface area contributed by atoms with Crippen molar-refractivity contribution in [2.75, 3.05) is 13.2 Å². The molecule has 0 bridgehead atoms. The predicted octanol–water partition coefficient (Wildman–Crippen LogP) is 3.90. The Balaban J connectivity index is 1.71. The van der Waals surface area contributed by atoms with Crippen molar-refractivity contribution in [3.8, 4) is 11.5 Å². The number of carbonyl (C=O) groups is 2. The minimum Gasteiger partial charge on any atom is -0.484 e. The van der Waals surface area contributed by atoms with E-state index in [1.54, 1.807) is 24.3 Å². The summed E-state index contributed by atoms with van der Waals surface area (Å²) in [5.41, 5.74) is 5.69. The van der Waals surface area contributed by atoms with Gasteiger partial charge in [-0.15, -0.1) is 0 Å². The molecule has 0 radical (unpaired) electrons. The maximum absolute atomic E-state index is 11.8. The lowest BCUT2D eigenvalue weighted by Crippen LogP contribution is -2.45. The van der Waals surface area contributed by atoms with E-state index in [0.717, 1.165) is 5.56 Å². The molecule has 150 valence electrons. The van der Waals surface area contributed by atoms with Gasteiger partial charge in [-0.1, -0.05) is 56.1 Å². The number of nitrogens with one attached hydrogen (secondary N) is 2. The molecule has 2 aromatic rings. The minimum absolute atomic E-state index is 0.0402. The number of carbonyl (C=O) groups excluding carboxylic acids is 2. The SMILES string of the molecule is CC(C)(C)c1ccc(OCC(=O)NNC(=O)COc2ccc(Cl)cc2Cl)cc1. The van der Waals surface area contributed by atoms with Crippen LogP contribution in [0.3, 0.4) is 0 Å². The van der Waals surface area contributed by atoms with Crippen molar-refractivity contribution in [1.82, 2.24) is 10.9 Å². The summed E-state index contributed by atoms with van der Waals surface area (Å²) >= 11 is 11.7. The number of halogens is 2. The van der Waals surface area contributed by atoms with Crippen LogP contribution in [0.5, 0.6) is 11.5 Å². The van der Waals surface area contributed by atoms with Gasteiger partial charge in [0.25, 0.3) is 11.8 Å². The highest BCUT2D eigenvalue weighted by atomic mass is 35.5. The summed E-state index contributed by atoms with van der Waals surface area (Å²) in [5.74, 6) is -0.170. The van der Waals surface area contributed by atoms with Crippen LogP contribution in [-0.4, -0.2) is 25.0 Å². The number of hydrogen-bond donors (Lipinski definition) is 2. The van der Waals surface area contributed by atoms with Crippen LogP contribution in [0.25, 0.3) is 0 Å². The van der Waals surface area contributed by atoms with Crippen LogP contribution in [0.1, 0.15) is 26.3 Å². The Hall–Kier alpha value is -2.44. The molecule has 0 unspecified atom stereocenters. The third-order valence-electron chi connectivity index (χ3n) is 3.68. The van der Waals surface area contributed by atoms with Gasteiger partial charge in [-0.3, -0.25) is 20.4 Å². The fourth-order valence-electron chi connectivity index (χ4n) is 2.15. The van der Waals surface area contributed by atoms with E-state index < -0.39 is 11.8 Å². The van der Waals surface area contributed by atoms with Crippen LogP contribution in [0.4, 0.5) is 0 Å². The first-order chi connectivity index (χ1) is 13.1. The van der Waals surface area contributed by atoms with Gasteiger partial charge in [0.15, 0.2) is 13.2 Å². The van der Waals surface area contributed by atoms with E-state index >= 15 is 0 Å². The molecule has 2 amide bonds. The summed E-state index contributed by atoms with van der Waals surface area (Å²) < 4.78 is 10.7. The van der Waals surface area contributed by atoms with Crippen LogP contribution in [-0.2, 0) is 15.0 Å². The second-order valence-electron chi connectivity index (χ2n) is 7.02. The highest BCUT2D eigenvalue weighted by molar-refractivity contribution is 6.35. The minimum atomic E-state index is -0.547. The molecule has 0 aliphatic carbocycles. The van der Waals surface area contributed by atoms with Gasteiger partial charge in [0.1, 0.15) is 11.5 Å². The first kappa shape index (κ1) is 21.9. The topological polar surface area (TPSA) is 76.7 Å². The summed E-state index contributed by atoms with van der Waals surface area (Å²) in [6.07, 6.45) is 0. The van der Waals surface area contributed by atoms with E-state index in [1.165, 1.54) is 6.07 Å². The highest BCUT2D eigenvalue weighted by Crippen LogP contribution is 2.27. The summed E-state index contributed by atoms with van der Waals surface area (Å²) in [6, 6.07) is 12.2. The van der Waals surface area contributed by atoms with Gasteiger partial charge in [0.05, 0.1) is 5.02 Å².